The first kappa shape index (κ1) is 34.1. The van der Waals surface area contributed by atoms with Crippen LogP contribution in [0.4, 0.5) is 0 Å². The molecule has 1 unspecified atom stereocenters. The average Bonchev–Trinajstić information content (AvgIpc) is 3.79. The number of nitrogens with zero attached hydrogens (tertiary/aromatic N) is 3. The summed E-state index contributed by atoms with van der Waals surface area (Å²) in [5.74, 6) is -1.42. The summed E-state index contributed by atoms with van der Waals surface area (Å²) in [6, 6.07) is 32.6. The highest BCUT2D eigenvalue weighted by molar-refractivity contribution is 5.98. The molecule has 1 atom stereocenters. The van der Waals surface area contributed by atoms with E-state index in [-0.39, 0.29) is 46.0 Å². The molecule has 0 radical (unpaired) electrons. The highest BCUT2D eigenvalue weighted by atomic mass is 16.5. The van der Waals surface area contributed by atoms with Crippen molar-refractivity contribution in [2.45, 2.75) is 124 Å². The summed E-state index contributed by atoms with van der Waals surface area (Å²) in [7, 11) is 0. The van der Waals surface area contributed by atoms with Gasteiger partial charge in [-0.2, -0.15) is 4.57 Å². The first-order valence-electron chi connectivity index (χ1n) is 26.5. The third-order valence-corrected chi connectivity index (χ3v) is 14.0. The Labute approximate surface area is 396 Å². The highest BCUT2D eigenvalue weighted by Gasteiger charge is 2.69. The van der Waals surface area contributed by atoms with Crippen molar-refractivity contribution in [3.05, 3.63) is 167 Å². The number of benzene rings is 6. The molecule has 0 bridgehead atoms. The van der Waals surface area contributed by atoms with Crippen LogP contribution in [0.25, 0.3) is 72.7 Å². The molecule has 5 heterocycles. The van der Waals surface area contributed by atoms with Gasteiger partial charge in [-0.05, 0) is 115 Å². The minimum Gasteiger partial charge on any atom is -0.392 e. The van der Waals surface area contributed by atoms with Gasteiger partial charge >= 0.3 is 11.7 Å². The molecule has 0 saturated carbocycles. The highest BCUT2D eigenvalue weighted by Crippen LogP contribution is 2.56. The smallest absolute Gasteiger partial charge is 0.392 e. The van der Waals surface area contributed by atoms with E-state index in [9.17, 15) is 2.74 Å². The summed E-state index contributed by atoms with van der Waals surface area (Å²) in [5, 5.41) is 0. The third kappa shape index (κ3) is 5.94. The van der Waals surface area contributed by atoms with Gasteiger partial charge in [0.1, 0.15) is 16.8 Å². The second-order valence-electron chi connectivity index (χ2n) is 21.9. The summed E-state index contributed by atoms with van der Waals surface area (Å²) >= 11 is 0. The van der Waals surface area contributed by atoms with Gasteiger partial charge in [0.15, 0.2) is 23.0 Å². The molecule has 326 valence electrons. The molecule has 65 heavy (non-hydrogen) atoms. The Hall–Kier alpha value is -6.26. The fourth-order valence-corrected chi connectivity index (χ4v) is 10.6. The number of hydrogen-bond donors (Lipinski definition) is 0. The molecule has 4 heteroatoms. The van der Waals surface area contributed by atoms with Crippen LogP contribution in [0.15, 0.2) is 133 Å². The van der Waals surface area contributed by atoms with Gasteiger partial charge in [-0.25, -0.2) is 0 Å². The maximum atomic E-state index is 9.22. The predicted molar refractivity (Wildman–Crippen MR) is 268 cm³/mol. The van der Waals surface area contributed by atoms with Crippen molar-refractivity contribution in [2.75, 3.05) is 0 Å². The third-order valence-electron chi connectivity index (χ3n) is 14.0. The largest absolute Gasteiger partial charge is 0.499 e. The predicted octanol–water partition coefficient (Wildman–Crippen LogP) is 14.9. The van der Waals surface area contributed by atoms with Gasteiger partial charge in [0.2, 0.25) is 5.69 Å². The summed E-state index contributed by atoms with van der Waals surface area (Å²) in [6.45, 7) is 27.8. The molecule has 2 aromatic heterocycles. The van der Waals surface area contributed by atoms with E-state index in [0.29, 0.717) is 5.56 Å². The lowest BCUT2D eigenvalue weighted by Crippen LogP contribution is -2.78. The Morgan fingerprint density at radius 2 is 1.23 bits per heavy atom. The van der Waals surface area contributed by atoms with E-state index in [0.717, 1.165) is 95.2 Å². The minimum absolute atomic E-state index is 0.148. The van der Waals surface area contributed by atoms with Crippen LogP contribution in [0.1, 0.15) is 145 Å². The Morgan fingerprint density at radius 3 is 1.86 bits per heavy atom. The molecule has 0 amide bonds. The van der Waals surface area contributed by atoms with E-state index in [1.807, 2.05) is 64.2 Å². The Bertz CT molecular complexity index is 3620. The molecule has 6 aromatic carbocycles. The second kappa shape index (κ2) is 13.9. The lowest BCUT2D eigenvalue weighted by atomic mass is 9.78. The van der Waals surface area contributed by atoms with E-state index >= 15 is 0 Å². The molecule has 8 aromatic rings. The van der Waals surface area contributed by atoms with Crippen molar-refractivity contribution in [2.24, 2.45) is 0 Å². The molecule has 0 N–H and O–H groups in total. The van der Waals surface area contributed by atoms with E-state index < -0.39 is 23.7 Å². The molecule has 1 spiro atoms. The first-order chi connectivity index (χ1) is 33.5. The van der Waals surface area contributed by atoms with Gasteiger partial charge in [0.05, 0.1) is 12.4 Å². The number of aromatic nitrogens is 3. The zero-order valence-electron chi connectivity index (χ0n) is 47.1. The lowest BCUT2D eigenvalue weighted by molar-refractivity contribution is -0.997. The standard InChI is InChI=1S/C61H63N3O/c1-36(2)44-21-17-22-45(37(3)4)53(44)39-25-27-43(28-26-39)63-51-24-18-23-46-47-32-41(58(5,6)7)33-48-52-31-40(38-19-15-14-16-20-38)29-30-62(52)61(54(47)48)64(55(46)51)57(63)49-34-42(59(8,9)10)35-50(56(49)65-61)60(11,12)13/h14-37H,1-13H3/q+2/i14D,15D,16D,19D,20D,36D,37D. The van der Waals surface area contributed by atoms with Crippen molar-refractivity contribution in [3.8, 4) is 67.5 Å². The van der Waals surface area contributed by atoms with Gasteiger partial charge < -0.3 is 4.74 Å². The summed E-state index contributed by atoms with van der Waals surface area (Å²) in [5.41, 5.74) is 15.5. The van der Waals surface area contributed by atoms with Crippen molar-refractivity contribution < 1.29 is 23.5 Å². The van der Waals surface area contributed by atoms with E-state index in [1.165, 1.54) is 5.56 Å². The van der Waals surface area contributed by atoms with Gasteiger partial charge in [-0.15, -0.1) is 9.13 Å². The first-order valence-corrected chi connectivity index (χ1v) is 23.0. The summed E-state index contributed by atoms with van der Waals surface area (Å²) in [6.07, 6.45) is 1.98. The molecule has 4 nitrogen and oxygen atoms in total. The minimum atomic E-state index is -1.31. The number of hydrogen-bond acceptors (Lipinski definition) is 1. The monoisotopic (exact) mass is 861 g/mol. The van der Waals surface area contributed by atoms with Gasteiger partial charge in [-0.3, -0.25) is 0 Å². The van der Waals surface area contributed by atoms with E-state index in [1.54, 1.807) is 0 Å². The van der Waals surface area contributed by atoms with Crippen LogP contribution in [0, 0.1) is 0 Å². The molecule has 0 fully saturated rings. The van der Waals surface area contributed by atoms with Crippen LogP contribution in [0.3, 0.4) is 0 Å². The lowest BCUT2D eigenvalue weighted by Gasteiger charge is -2.36. The SMILES string of the molecule is [2H]c1c([2H])c([2H])c(-c2cc[n+]3c(c2)-c2cc(C(C)(C)C)cc4c2C32Oc3c(cc(C(C)(C)C)cc3C(C)(C)C)-c3n(-c5ccc(-c6c(C([2H])(C)C)cccc6C([2H])(C)C)cc5)c5cccc-4c5[n+]32)c([2H])c1[2H]. The fraction of sp³-hybridized carbons (Fsp3) is 0.311. The molecular weight excluding hydrogens is 791 g/mol. The zero-order chi connectivity index (χ0) is 51.9. The number of pyridine rings is 1. The number of fused-ring (bicyclic) bond motifs is 5. The number of para-hydroxylation sites is 1. The molecule has 11 rings (SSSR count). The maximum Gasteiger partial charge on any atom is 0.499 e. The van der Waals surface area contributed by atoms with Crippen molar-refractivity contribution >= 4 is 11.0 Å². The van der Waals surface area contributed by atoms with E-state index in [2.05, 4.69) is 143 Å². The van der Waals surface area contributed by atoms with Crippen molar-refractivity contribution in [3.63, 3.8) is 0 Å². The number of imidazole rings is 1. The molecule has 3 aliphatic rings. The molecule has 3 aliphatic heterocycles. The second-order valence-corrected chi connectivity index (χ2v) is 21.9. The van der Waals surface area contributed by atoms with Crippen LogP contribution in [0.2, 0.25) is 0 Å². The van der Waals surface area contributed by atoms with E-state index in [4.69, 9.17) is 11.6 Å². The summed E-state index contributed by atoms with van der Waals surface area (Å²) < 4.78 is 77.2. The average molecular weight is 861 g/mol. The zero-order valence-corrected chi connectivity index (χ0v) is 40.1. The van der Waals surface area contributed by atoms with Gasteiger partial charge in [0.25, 0.3) is 0 Å². The molecular formula is C61H63N3O+2. The van der Waals surface area contributed by atoms with Gasteiger partial charge in [0, 0.05) is 31.6 Å². The summed E-state index contributed by atoms with van der Waals surface area (Å²) in [4.78, 5) is 0. The van der Waals surface area contributed by atoms with Crippen LogP contribution < -0.4 is 13.9 Å². The molecule has 0 aliphatic carbocycles. The number of rotatable bonds is 5. The van der Waals surface area contributed by atoms with Crippen molar-refractivity contribution in [1.82, 2.24) is 4.57 Å². The van der Waals surface area contributed by atoms with Crippen molar-refractivity contribution in [1.29, 1.82) is 0 Å². The Kier molecular flexibility index (Phi) is 7.29. The van der Waals surface area contributed by atoms with Crippen LogP contribution in [0.5, 0.6) is 5.75 Å². The Morgan fingerprint density at radius 1 is 0.615 bits per heavy atom. The molecule has 0 saturated heterocycles. The normalized spacial score (nSPS) is 17.8. The van der Waals surface area contributed by atoms with Crippen LogP contribution >= 0.6 is 0 Å². The number of ether oxygens (including phenoxy) is 1. The van der Waals surface area contributed by atoms with Crippen LogP contribution in [-0.2, 0) is 22.1 Å². The van der Waals surface area contributed by atoms with Gasteiger partial charge in [-0.1, -0.05) is 163 Å². The van der Waals surface area contributed by atoms with Crippen LogP contribution in [-0.4, -0.2) is 4.57 Å². The fourth-order valence-electron chi connectivity index (χ4n) is 10.6. The maximum absolute atomic E-state index is 9.22. The quantitative estimate of drug-likeness (QED) is 0.158. The Balaban J connectivity index is 1.29. The topological polar surface area (TPSA) is 21.9 Å².